The lowest BCUT2D eigenvalue weighted by Gasteiger charge is -2.16. The Morgan fingerprint density at radius 2 is 1.94 bits per heavy atom. The SMILES string of the molecule is CCNC(=NCc1cccc(OCCN(C)CCOC)c1)NCCCOCc1ccco1.I. The van der Waals surface area contributed by atoms with Gasteiger partial charge in [0.2, 0.25) is 0 Å². The van der Waals surface area contributed by atoms with Crippen LogP contribution in [0.25, 0.3) is 0 Å². The van der Waals surface area contributed by atoms with Crippen LogP contribution in [-0.2, 0) is 22.6 Å². The summed E-state index contributed by atoms with van der Waals surface area (Å²) in [6, 6.07) is 11.9. The van der Waals surface area contributed by atoms with Crippen LogP contribution in [0.5, 0.6) is 5.75 Å². The summed E-state index contributed by atoms with van der Waals surface area (Å²) >= 11 is 0. The number of furan rings is 1. The smallest absolute Gasteiger partial charge is 0.191 e. The second-order valence-corrected chi connectivity index (χ2v) is 7.40. The molecule has 0 unspecified atom stereocenters. The first-order chi connectivity index (χ1) is 15.7. The lowest BCUT2D eigenvalue weighted by molar-refractivity contribution is 0.105. The van der Waals surface area contributed by atoms with E-state index in [1.54, 1.807) is 13.4 Å². The van der Waals surface area contributed by atoms with Crippen molar-refractivity contribution < 1.29 is 18.6 Å². The molecule has 0 radical (unpaired) electrons. The number of ether oxygens (including phenoxy) is 3. The van der Waals surface area contributed by atoms with Gasteiger partial charge in [0.15, 0.2) is 5.96 Å². The Balaban J connectivity index is 0.00000544. The van der Waals surface area contributed by atoms with Crippen LogP contribution in [0.3, 0.4) is 0 Å². The Bertz CT molecular complexity index is 759. The maximum Gasteiger partial charge on any atom is 0.191 e. The minimum atomic E-state index is 0. The fourth-order valence-electron chi connectivity index (χ4n) is 2.87. The lowest BCUT2D eigenvalue weighted by Crippen LogP contribution is -2.38. The van der Waals surface area contributed by atoms with Gasteiger partial charge in [-0.25, -0.2) is 4.99 Å². The molecule has 0 amide bonds. The zero-order chi connectivity index (χ0) is 22.9. The largest absolute Gasteiger partial charge is 0.492 e. The van der Waals surface area contributed by atoms with Gasteiger partial charge < -0.3 is 34.2 Å². The summed E-state index contributed by atoms with van der Waals surface area (Å²) in [5.74, 6) is 2.51. The number of hydrogen-bond acceptors (Lipinski definition) is 6. The van der Waals surface area contributed by atoms with Gasteiger partial charge in [-0.3, -0.25) is 0 Å². The Kier molecular flexibility index (Phi) is 16.5. The molecule has 1 heterocycles. The van der Waals surface area contributed by atoms with Gasteiger partial charge in [-0.1, -0.05) is 12.1 Å². The molecule has 1 aromatic heterocycles. The molecule has 2 rings (SSSR count). The molecule has 0 aliphatic rings. The van der Waals surface area contributed by atoms with Crippen molar-refractivity contribution in [1.82, 2.24) is 15.5 Å². The first-order valence-corrected chi connectivity index (χ1v) is 11.2. The summed E-state index contributed by atoms with van der Waals surface area (Å²) in [5, 5.41) is 6.63. The number of nitrogens with zero attached hydrogens (tertiary/aromatic N) is 2. The van der Waals surface area contributed by atoms with E-state index in [-0.39, 0.29) is 24.0 Å². The summed E-state index contributed by atoms with van der Waals surface area (Å²) in [5.41, 5.74) is 1.11. The van der Waals surface area contributed by atoms with E-state index in [0.29, 0.717) is 26.4 Å². The van der Waals surface area contributed by atoms with Crippen LogP contribution in [0, 0.1) is 0 Å². The van der Waals surface area contributed by atoms with Gasteiger partial charge in [0.05, 0.1) is 19.4 Å². The highest BCUT2D eigenvalue weighted by molar-refractivity contribution is 14.0. The molecular formula is C24H39IN4O4. The monoisotopic (exact) mass is 574 g/mol. The quantitative estimate of drug-likeness (QED) is 0.138. The molecule has 0 spiro atoms. The number of hydrogen-bond donors (Lipinski definition) is 2. The van der Waals surface area contributed by atoms with Crippen LogP contribution < -0.4 is 15.4 Å². The normalized spacial score (nSPS) is 11.3. The van der Waals surface area contributed by atoms with Gasteiger partial charge in [-0.05, 0) is 50.2 Å². The zero-order valence-corrected chi connectivity index (χ0v) is 22.4. The van der Waals surface area contributed by atoms with Gasteiger partial charge in [0.1, 0.15) is 24.7 Å². The Labute approximate surface area is 215 Å². The average molecular weight is 575 g/mol. The van der Waals surface area contributed by atoms with Crippen molar-refractivity contribution >= 4 is 29.9 Å². The van der Waals surface area contributed by atoms with E-state index in [0.717, 1.165) is 62.2 Å². The highest BCUT2D eigenvalue weighted by atomic mass is 127. The van der Waals surface area contributed by atoms with E-state index in [2.05, 4.69) is 40.6 Å². The molecular weight excluding hydrogens is 535 g/mol. The van der Waals surface area contributed by atoms with Crippen molar-refractivity contribution in [3.8, 4) is 5.75 Å². The molecule has 0 saturated carbocycles. The van der Waals surface area contributed by atoms with Crippen LogP contribution in [0.4, 0.5) is 0 Å². The molecule has 0 fully saturated rings. The molecule has 0 saturated heterocycles. The molecule has 1 aromatic carbocycles. The fourth-order valence-corrected chi connectivity index (χ4v) is 2.87. The number of rotatable bonds is 16. The molecule has 0 atom stereocenters. The highest BCUT2D eigenvalue weighted by Gasteiger charge is 2.02. The van der Waals surface area contributed by atoms with E-state index in [1.807, 2.05) is 30.3 Å². The van der Waals surface area contributed by atoms with Crippen LogP contribution >= 0.6 is 24.0 Å². The fraction of sp³-hybridized carbons (Fsp3) is 0.542. The third-order valence-electron chi connectivity index (χ3n) is 4.66. The second kappa shape index (κ2) is 18.6. The molecule has 186 valence electrons. The number of likely N-dealkylation sites (N-methyl/N-ethyl adjacent to an activating group) is 1. The van der Waals surface area contributed by atoms with Gasteiger partial charge in [-0.15, -0.1) is 24.0 Å². The van der Waals surface area contributed by atoms with E-state index >= 15 is 0 Å². The molecule has 2 N–H and O–H groups in total. The number of aliphatic imine (C=N–C) groups is 1. The average Bonchev–Trinajstić information content (AvgIpc) is 3.32. The molecule has 0 aliphatic carbocycles. The first-order valence-electron chi connectivity index (χ1n) is 11.2. The summed E-state index contributed by atoms with van der Waals surface area (Å²) in [7, 11) is 3.78. The van der Waals surface area contributed by atoms with E-state index in [9.17, 15) is 0 Å². The van der Waals surface area contributed by atoms with Crippen LogP contribution in [0.15, 0.2) is 52.1 Å². The maximum atomic E-state index is 5.90. The highest BCUT2D eigenvalue weighted by Crippen LogP contribution is 2.14. The van der Waals surface area contributed by atoms with Crippen LogP contribution in [-0.4, -0.2) is 71.0 Å². The van der Waals surface area contributed by atoms with Crippen molar-refractivity contribution in [2.75, 3.05) is 60.2 Å². The summed E-state index contributed by atoms with van der Waals surface area (Å²) in [6.07, 6.45) is 2.54. The summed E-state index contributed by atoms with van der Waals surface area (Å²) < 4.78 is 21.9. The molecule has 0 aliphatic heterocycles. The summed E-state index contributed by atoms with van der Waals surface area (Å²) in [6.45, 7) is 8.50. The number of methoxy groups -OCH3 is 1. The number of nitrogens with one attached hydrogen (secondary N) is 2. The minimum absolute atomic E-state index is 0. The predicted octanol–water partition coefficient (Wildman–Crippen LogP) is 3.52. The molecule has 8 nitrogen and oxygen atoms in total. The van der Waals surface area contributed by atoms with Crippen LogP contribution in [0.2, 0.25) is 0 Å². The van der Waals surface area contributed by atoms with Crippen molar-refractivity contribution in [2.24, 2.45) is 4.99 Å². The van der Waals surface area contributed by atoms with E-state index in [1.165, 1.54) is 0 Å². The second-order valence-electron chi connectivity index (χ2n) is 7.40. The Morgan fingerprint density at radius 1 is 1.09 bits per heavy atom. The van der Waals surface area contributed by atoms with Crippen molar-refractivity contribution in [1.29, 1.82) is 0 Å². The van der Waals surface area contributed by atoms with Crippen LogP contribution in [0.1, 0.15) is 24.7 Å². The zero-order valence-electron chi connectivity index (χ0n) is 20.0. The minimum Gasteiger partial charge on any atom is -0.492 e. The van der Waals surface area contributed by atoms with E-state index < -0.39 is 0 Å². The van der Waals surface area contributed by atoms with Crippen molar-refractivity contribution in [2.45, 2.75) is 26.5 Å². The summed E-state index contributed by atoms with van der Waals surface area (Å²) in [4.78, 5) is 6.87. The number of halogens is 1. The number of guanidine groups is 1. The Morgan fingerprint density at radius 3 is 2.70 bits per heavy atom. The lowest BCUT2D eigenvalue weighted by atomic mass is 10.2. The topological polar surface area (TPSA) is 80.5 Å². The van der Waals surface area contributed by atoms with Gasteiger partial charge in [-0.2, -0.15) is 0 Å². The standard InChI is InChI=1S/C24H38N4O4.HI/c1-4-25-24(26-11-7-14-30-20-23-10-6-15-31-23)27-19-21-8-5-9-22(18-21)32-17-13-28(2)12-16-29-3;/h5-6,8-10,15,18H,4,7,11-14,16-17,19-20H2,1-3H3,(H2,25,26,27);1H. The third-order valence-corrected chi connectivity index (χ3v) is 4.66. The van der Waals surface area contributed by atoms with Gasteiger partial charge >= 0.3 is 0 Å². The maximum absolute atomic E-state index is 5.90. The molecule has 9 heteroatoms. The molecule has 2 aromatic rings. The predicted molar refractivity (Wildman–Crippen MR) is 143 cm³/mol. The van der Waals surface area contributed by atoms with E-state index in [4.69, 9.17) is 18.6 Å². The van der Waals surface area contributed by atoms with Crippen molar-refractivity contribution in [3.05, 3.63) is 54.0 Å². The van der Waals surface area contributed by atoms with Gasteiger partial charge in [0.25, 0.3) is 0 Å². The Hall–Kier alpha value is -1.82. The van der Waals surface area contributed by atoms with Crippen molar-refractivity contribution in [3.63, 3.8) is 0 Å². The molecule has 0 bridgehead atoms. The molecule has 33 heavy (non-hydrogen) atoms. The third kappa shape index (κ3) is 13.5. The first kappa shape index (κ1) is 29.2. The number of benzene rings is 1. The van der Waals surface area contributed by atoms with Gasteiger partial charge in [0, 0.05) is 39.9 Å².